The Bertz CT molecular complexity index is 591. The molecule has 1 atom stereocenters. The molecule has 0 radical (unpaired) electrons. The van der Waals surface area contributed by atoms with E-state index >= 15 is 0 Å². The number of carbonyl (C=O) groups is 1. The second kappa shape index (κ2) is 7.20. The summed E-state index contributed by atoms with van der Waals surface area (Å²) in [7, 11) is 2.03. The summed E-state index contributed by atoms with van der Waals surface area (Å²) in [5.41, 5.74) is 0.913. The molecule has 5 nitrogen and oxygen atoms in total. The topological polar surface area (TPSA) is 47.4 Å². The summed E-state index contributed by atoms with van der Waals surface area (Å²) < 4.78 is 7.78. The first-order valence-electron chi connectivity index (χ1n) is 8.79. The summed E-state index contributed by atoms with van der Waals surface area (Å²) in [6, 6.07) is 0. The number of aryl methyl sites for hydroxylation is 1. The van der Waals surface area contributed by atoms with Gasteiger partial charge in [0.1, 0.15) is 11.6 Å². The van der Waals surface area contributed by atoms with Gasteiger partial charge in [-0.2, -0.15) is 0 Å². The largest absolute Gasteiger partial charge is 0.497 e. The lowest BCUT2D eigenvalue weighted by molar-refractivity contribution is -0.129. The average Bonchev–Trinajstić information content (AvgIpc) is 2.99. The van der Waals surface area contributed by atoms with Crippen LogP contribution in [0.4, 0.5) is 0 Å². The molecule has 0 bridgehead atoms. The third kappa shape index (κ3) is 3.59. The van der Waals surface area contributed by atoms with E-state index in [-0.39, 0.29) is 5.91 Å². The second-order valence-corrected chi connectivity index (χ2v) is 6.63. The van der Waals surface area contributed by atoms with Crippen molar-refractivity contribution in [3.05, 3.63) is 29.6 Å². The highest BCUT2D eigenvalue weighted by molar-refractivity contribution is 5.94. The number of hydrogen-bond acceptors (Lipinski definition) is 3. The Hall–Kier alpha value is -1.78. The van der Waals surface area contributed by atoms with Crippen LogP contribution in [0.1, 0.15) is 44.9 Å². The molecule has 3 rings (SSSR count). The average molecular weight is 317 g/mol. The summed E-state index contributed by atoms with van der Waals surface area (Å²) in [6.07, 6.45) is 9.66. The SMILES string of the molecule is CCC1=C(C(=O)N2CCCC(Cc3nccn3C)C2)CCCO1. The smallest absolute Gasteiger partial charge is 0.253 e. The molecule has 2 aliphatic heterocycles. The van der Waals surface area contributed by atoms with E-state index in [0.717, 1.165) is 69.0 Å². The molecule has 0 aromatic carbocycles. The van der Waals surface area contributed by atoms with E-state index in [1.165, 1.54) is 6.42 Å². The molecule has 1 aromatic heterocycles. The fourth-order valence-electron chi connectivity index (χ4n) is 3.67. The van der Waals surface area contributed by atoms with E-state index in [4.69, 9.17) is 4.74 Å². The molecule has 0 aliphatic carbocycles. The number of allylic oxidation sites excluding steroid dienone is 1. The Balaban J connectivity index is 1.67. The normalized spacial score (nSPS) is 22.2. The number of rotatable bonds is 4. The van der Waals surface area contributed by atoms with Gasteiger partial charge in [-0.15, -0.1) is 0 Å². The number of hydrogen-bond donors (Lipinski definition) is 0. The molecule has 1 fully saturated rings. The van der Waals surface area contributed by atoms with Crippen LogP contribution in [-0.4, -0.2) is 40.1 Å². The minimum absolute atomic E-state index is 0.200. The predicted octanol–water partition coefficient (Wildman–Crippen LogP) is 2.68. The molecule has 5 heteroatoms. The van der Waals surface area contributed by atoms with Crippen molar-refractivity contribution in [1.29, 1.82) is 0 Å². The monoisotopic (exact) mass is 317 g/mol. The van der Waals surface area contributed by atoms with Gasteiger partial charge in [0.05, 0.1) is 12.2 Å². The predicted molar refractivity (Wildman–Crippen MR) is 88.7 cm³/mol. The number of imidazole rings is 1. The molecule has 1 aromatic rings. The van der Waals surface area contributed by atoms with Gasteiger partial charge in [0.25, 0.3) is 5.91 Å². The van der Waals surface area contributed by atoms with Crippen molar-refractivity contribution in [1.82, 2.24) is 14.5 Å². The Morgan fingerprint density at radius 1 is 1.43 bits per heavy atom. The van der Waals surface area contributed by atoms with Crippen molar-refractivity contribution in [3.8, 4) is 0 Å². The van der Waals surface area contributed by atoms with Crippen LogP contribution >= 0.6 is 0 Å². The molecule has 1 amide bonds. The van der Waals surface area contributed by atoms with Gasteiger partial charge in [0.15, 0.2) is 0 Å². The van der Waals surface area contributed by atoms with Crippen LogP contribution in [0, 0.1) is 5.92 Å². The summed E-state index contributed by atoms with van der Waals surface area (Å²) in [5.74, 6) is 2.72. The summed E-state index contributed by atoms with van der Waals surface area (Å²) in [4.78, 5) is 19.4. The van der Waals surface area contributed by atoms with Crippen molar-refractivity contribution in [2.24, 2.45) is 13.0 Å². The third-order valence-corrected chi connectivity index (χ3v) is 4.96. The maximum Gasteiger partial charge on any atom is 0.253 e. The standard InChI is InChI=1S/C18H27N3O2/c1-3-16-15(7-5-11-23-16)18(22)21-9-4-6-14(13-21)12-17-19-8-10-20(17)2/h8,10,14H,3-7,9,11-13H2,1-2H3. The summed E-state index contributed by atoms with van der Waals surface area (Å²) in [6.45, 7) is 4.53. The lowest BCUT2D eigenvalue weighted by Gasteiger charge is -2.34. The number of likely N-dealkylation sites (tertiary alicyclic amines) is 1. The van der Waals surface area contributed by atoms with Crippen LogP contribution in [0.15, 0.2) is 23.7 Å². The maximum absolute atomic E-state index is 12.9. The van der Waals surface area contributed by atoms with E-state index in [9.17, 15) is 4.79 Å². The minimum atomic E-state index is 0.200. The maximum atomic E-state index is 12.9. The van der Waals surface area contributed by atoms with E-state index in [1.807, 2.05) is 24.3 Å². The zero-order valence-corrected chi connectivity index (χ0v) is 14.3. The Morgan fingerprint density at radius 2 is 2.30 bits per heavy atom. The molecular weight excluding hydrogens is 290 g/mol. The van der Waals surface area contributed by atoms with Crippen LogP contribution in [-0.2, 0) is 23.0 Å². The van der Waals surface area contributed by atoms with Crippen LogP contribution in [0.3, 0.4) is 0 Å². The van der Waals surface area contributed by atoms with Gasteiger partial charge in [-0.05, 0) is 31.6 Å². The van der Waals surface area contributed by atoms with Gasteiger partial charge in [-0.3, -0.25) is 4.79 Å². The Morgan fingerprint density at radius 3 is 3.04 bits per heavy atom. The highest BCUT2D eigenvalue weighted by Crippen LogP contribution is 2.27. The van der Waals surface area contributed by atoms with Gasteiger partial charge in [0, 0.05) is 45.4 Å². The van der Waals surface area contributed by atoms with Gasteiger partial charge >= 0.3 is 0 Å². The molecule has 1 saturated heterocycles. The van der Waals surface area contributed by atoms with Crippen molar-refractivity contribution in [3.63, 3.8) is 0 Å². The zero-order chi connectivity index (χ0) is 16.2. The highest BCUT2D eigenvalue weighted by Gasteiger charge is 2.29. The number of nitrogens with zero attached hydrogens (tertiary/aromatic N) is 3. The van der Waals surface area contributed by atoms with Crippen molar-refractivity contribution in [2.45, 2.75) is 45.4 Å². The van der Waals surface area contributed by atoms with Gasteiger partial charge in [-0.25, -0.2) is 4.98 Å². The van der Waals surface area contributed by atoms with Crippen molar-refractivity contribution < 1.29 is 9.53 Å². The number of aromatic nitrogens is 2. The fraction of sp³-hybridized carbons (Fsp3) is 0.667. The van der Waals surface area contributed by atoms with Gasteiger partial charge < -0.3 is 14.2 Å². The zero-order valence-electron chi connectivity index (χ0n) is 14.3. The van der Waals surface area contributed by atoms with Crippen molar-refractivity contribution in [2.75, 3.05) is 19.7 Å². The molecule has 3 heterocycles. The quantitative estimate of drug-likeness (QED) is 0.858. The number of amides is 1. The molecule has 2 aliphatic rings. The Labute approximate surface area is 138 Å². The van der Waals surface area contributed by atoms with E-state index in [1.54, 1.807) is 0 Å². The second-order valence-electron chi connectivity index (χ2n) is 6.63. The van der Waals surface area contributed by atoms with Gasteiger partial charge in [0.2, 0.25) is 0 Å². The molecular formula is C18H27N3O2. The number of ether oxygens (including phenoxy) is 1. The number of piperidine rings is 1. The molecule has 0 saturated carbocycles. The van der Waals surface area contributed by atoms with E-state index in [0.29, 0.717) is 5.92 Å². The Kier molecular flexibility index (Phi) is 5.03. The molecule has 0 N–H and O–H groups in total. The summed E-state index contributed by atoms with van der Waals surface area (Å²) in [5, 5.41) is 0. The lowest BCUT2D eigenvalue weighted by atomic mass is 9.93. The third-order valence-electron chi connectivity index (χ3n) is 4.96. The minimum Gasteiger partial charge on any atom is -0.497 e. The van der Waals surface area contributed by atoms with Gasteiger partial charge in [-0.1, -0.05) is 6.92 Å². The van der Waals surface area contributed by atoms with E-state index < -0.39 is 0 Å². The van der Waals surface area contributed by atoms with Crippen LogP contribution in [0.25, 0.3) is 0 Å². The molecule has 1 unspecified atom stereocenters. The first-order chi connectivity index (χ1) is 11.2. The number of carbonyl (C=O) groups excluding carboxylic acids is 1. The van der Waals surface area contributed by atoms with Crippen LogP contribution < -0.4 is 0 Å². The fourth-order valence-corrected chi connectivity index (χ4v) is 3.67. The molecule has 23 heavy (non-hydrogen) atoms. The van der Waals surface area contributed by atoms with Crippen LogP contribution in [0.2, 0.25) is 0 Å². The first-order valence-corrected chi connectivity index (χ1v) is 8.79. The summed E-state index contributed by atoms with van der Waals surface area (Å²) >= 11 is 0. The molecule has 0 spiro atoms. The first kappa shape index (κ1) is 16.1. The van der Waals surface area contributed by atoms with Crippen LogP contribution in [0.5, 0.6) is 0 Å². The lowest BCUT2D eigenvalue weighted by Crippen LogP contribution is -2.42. The van der Waals surface area contributed by atoms with Crippen molar-refractivity contribution >= 4 is 5.91 Å². The van der Waals surface area contributed by atoms with E-state index in [2.05, 4.69) is 16.5 Å². The molecule has 126 valence electrons. The highest BCUT2D eigenvalue weighted by atomic mass is 16.5.